The fourth-order valence-electron chi connectivity index (χ4n) is 3.26. The first-order chi connectivity index (χ1) is 12.1. The molecule has 158 valence electrons. The third-order valence-electron chi connectivity index (χ3n) is 4.80. The summed E-state index contributed by atoms with van der Waals surface area (Å²) in [5.41, 5.74) is -2.61. The molecule has 2 heterocycles. The number of carboxylic acids is 1. The molecule has 4 atom stereocenters. The van der Waals surface area contributed by atoms with E-state index in [0.717, 1.165) is 0 Å². The number of likely N-dealkylation sites (N-methyl/N-ethyl adjacent to an activating group) is 1. The van der Waals surface area contributed by atoms with E-state index >= 15 is 0 Å². The molecule has 2 saturated heterocycles. The number of carboxylic acid groups (broad SMARTS) is 1. The summed E-state index contributed by atoms with van der Waals surface area (Å²) in [4.78, 5) is 25.7. The summed E-state index contributed by atoms with van der Waals surface area (Å²) in [7, 11) is 3.55. The van der Waals surface area contributed by atoms with Gasteiger partial charge in [0.2, 0.25) is 0 Å². The van der Waals surface area contributed by atoms with Gasteiger partial charge in [-0.15, -0.1) is 0 Å². The molecule has 2 aliphatic rings. The quantitative estimate of drug-likeness (QED) is 0.746. The summed E-state index contributed by atoms with van der Waals surface area (Å²) >= 11 is 0. The van der Waals surface area contributed by atoms with Gasteiger partial charge in [0.15, 0.2) is 0 Å². The number of nitrogens with one attached hydrogen (secondary N) is 1. The Morgan fingerprint density at radius 3 is 1.85 bits per heavy atom. The number of rotatable bonds is 2. The van der Waals surface area contributed by atoms with Gasteiger partial charge in [-0.1, -0.05) is 0 Å². The number of hydrogen-bond acceptors (Lipinski definition) is 5. The summed E-state index contributed by atoms with van der Waals surface area (Å²) in [5, 5.41) is 11.3. The predicted molar refractivity (Wildman–Crippen MR) is 98.3 cm³/mol. The van der Waals surface area contributed by atoms with Gasteiger partial charge >= 0.3 is 12.1 Å². The molecule has 2 fully saturated rings. The van der Waals surface area contributed by atoms with E-state index in [2.05, 4.69) is 5.32 Å². The number of likely N-dealkylation sites (tertiary alicyclic amines) is 2. The fraction of sp³-hybridized carbons (Fsp3) is 0.889. The second kappa shape index (κ2) is 8.26. The summed E-state index contributed by atoms with van der Waals surface area (Å²) in [6, 6.07) is 0. The van der Waals surface area contributed by atoms with Crippen LogP contribution in [-0.2, 0) is 9.53 Å². The first-order valence-electron chi connectivity index (χ1n) is 8.99. The second-order valence-electron chi connectivity index (χ2n) is 9.10. The molecule has 0 saturated carbocycles. The van der Waals surface area contributed by atoms with Crippen molar-refractivity contribution in [3.8, 4) is 0 Å². The molecule has 0 aromatic rings. The van der Waals surface area contributed by atoms with Gasteiger partial charge in [0.1, 0.15) is 23.4 Å². The maximum absolute atomic E-state index is 13.7. The van der Waals surface area contributed by atoms with Crippen molar-refractivity contribution < 1.29 is 28.2 Å². The van der Waals surface area contributed by atoms with Crippen molar-refractivity contribution in [2.24, 2.45) is 5.41 Å². The average molecular weight is 393 g/mol. The molecule has 2 rings (SSSR count). The Morgan fingerprint density at radius 2 is 1.56 bits per heavy atom. The van der Waals surface area contributed by atoms with Crippen LogP contribution in [0.15, 0.2) is 0 Å². The lowest BCUT2D eigenvalue weighted by atomic mass is 9.88. The molecular formula is C18H33F2N3O4. The standard InChI is InChI=1S/C11H21FN2O2.C7H12FNO2/c1-10(2,3)16-9(15)13-11(4)7-14(5)6-8(11)12;1-7(6(10)11)4-9(2)3-5(7)8/h8H,6-7H2,1-5H3,(H,13,15);5H,3-4H2,1-2H3,(H,10,11)/t8?,11-;5?,7-/m11/s1. The van der Waals surface area contributed by atoms with E-state index in [1.165, 1.54) is 6.92 Å². The molecule has 2 aliphatic heterocycles. The predicted octanol–water partition coefficient (Wildman–Crippen LogP) is 1.91. The van der Waals surface area contributed by atoms with Crippen LogP contribution in [0.1, 0.15) is 34.6 Å². The van der Waals surface area contributed by atoms with Crippen molar-refractivity contribution in [1.29, 1.82) is 0 Å². The lowest BCUT2D eigenvalue weighted by Gasteiger charge is -2.29. The van der Waals surface area contributed by atoms with Crippen molar-refractivity contribution in [3.05, 3.63) is 0 Å². The van der Waals surface area contributed by atoms with Crippen LogP contribution in [0.5, 0.6) is 0 Å². The van der Waals surface area contributed by atoms with Crippen molar-refractivity contribution in [3.63, 3.8) is 0 Å². The Hall–Kier alpha value is -1.48. The number of alkyl halides is 2. The van der Waals surface area contributed by atoms with Crippen LogP contribution in [0.4, 0.5) is 13.6 Å². The summed E-state index contributed by atoms with van der Waals surface area (Å²) < 4.78 is 31.9. The highest BCUT2D eigenvalue weighted by Gasteiger charge is 2.48. The molecule has 0 spiro atoms. The van der Waals surface area contributed by atoms with Crippen molar-refractivity contribution in [2.45, 2.75) is 58.1 Å². The minimum absolute atomic E-state index is 0.225. The first kappa shape index (κ1) is 23.6. The molecule has 0 radical (unpaired) electrons. The number of nitrogens with zero attached hydrogens (tertiary/aromatic N) is 2. The molecule has 7 nitrogen and oxygen atoms in total. The molecule has 2 N–H and O–H groups in total. The van der Waals surface area contributed by atoms with Gasteiger partial charge in [0.05, 0.1) is 5.54 Å². The number of carbonyl (C=O) groups is 2. The normalized spacial score (nSPS) is 34.7. The van der Waals surface area contributed by atoms with Crippen LogP contribution in [0, 0.1) is 5.41 Å². The van der Waals surface area contributed by atoms with E-state index in [9.17, 15) is 18.4 Å². The number of amides is 1. The molecule has 0 aromatic heterocycles. The SMILES string of the molecule is CN1CC(F)[C@](C)(C(=O)O)C1.CN1CC(F)[C@](C)(NC(=O)OC(C)(C)C)C1. The first-order valence-corrected chi connectivity index (χ1v) is 8.99. The minimum atomic E-state index is -1.25. The van der Waals surface area contributed by atoms with Crippen LogP contribution in [0.3, 0.4) is 0 Å². The van der Waals surface area contributed by atoms with E-state index in [4.69, 9.17) is 9.84 Å². The highest BCUT2D eigenvalue weighted by atomic mass is 19.1. The second-order valence-corrected chi connectivity index (χ2v) is 9.10. The molecule has 0 bridgehead atoms. The summed E-state index contributed by atoms with van der Waals surface area (Å²) in [6.45, 7) is 9.84. The molecule has 9 heteroatoms. The van der Waals surface area contributed by atoms with Gasteiger partial charge in [-0.25, -0.2) is 13.6 Å². The van der Waals surface area contributed by atoms with E-state index in [1.54, 1.807) is 39.6 Å². The van der Waals surface area contributed by atoms with Gasteiger partial charge in [-0.3, -0.25) is 4.79 Å². The zero-order valence-electron chi connectivity index (χ0n) is 17.3. The number of ether oxygens (including phenoxy) is 1. The van der Waals surface area contributed by atoms with E-state index in [0.29, 0.717) is 19.6 Å². The maximum Gasteiger partial charge on any atom is 0.408 e. The van der Waals surface area contributed by atoms with Crippen LogP contribution >= 0.6 is 0 Å². The fourth-order valence-corrected chi connectivity index (χ4v) is 3.26. The molecular weight excluding hydrogens is 360 g/mol. The highest BCUT2D eigenvalue weighted by Crippen LogP contribution is 2.31. The lowest BCUT2D eigenvalue weighted by molar-refractivity contribution is -0.149. The summed E-state index contributed by atoms with van der Waals surface area (Å²) in [5.74, 6) is -1.05. The van der Waals surface area contributed by atoms with Gasteiger partial charge in [-0.05, 0) is 48.7 Å². The average Bonchev–Trinajstić information content (AvgIpc) is 2.84. The largest absolute Gasteiger partial charge is 0.481 e. The molecule has 0 aliphatic carbocycles. The van der Waals surface area contributed by atoms with Gasteiger partial charge in [0, 0.05) is 26.2 Å². The minimum Gasteiger partial charge on any atom is -0.481 e. The number of carbonyl (C=O) groups excluding carboxylic acids is 1. The molecule has 27 heavy (non-hydrogen) atoms. The van der Waals surface area contributed by atoms with Crippen molar-refractivity contribution in [1.82, 2.24) is 15.1 Å². The Morgan fingerprint density at radius 1 is 1.07 bits per heavy atom. The van der Waals surface area contributed by atoms with Crippen LogP contribution in [0.2, 0.25) is 0 Å². The zero-order valence-corrected chi connectivity index (χ0v) is 17.3. The van der Waals surface area contributed by atoms with Gasteiger partial charge in [0.25, 0.3) is 0 Å². The number of aliphatic carboxylic acids is 1. The Kier molecular flexibility index (Phi) is 7.21. The van der Waals surface area contributed by atoms with Crippen LogP contribution in [-0.4, -0.2) is 90.7 Å². The third-order valence-corrected chi connectivity index (χ3v) is 4.80. The van der Waals surface area contributed by atoms with E-state index in [-0.39, 0.29) is 6.54 Å². The Labute approximate surface area is 160 Å². The molecule has 0 aromatic carbocycles. The van der Waals surface area contributed by atoms with Crippen LogP contribution in [0.25, 0.3) is 0 Å². The molecule has 1 amide bonds. The van der Waals surface area contributed by atoms with Gasteiger partial charge in [-0.2, -0.15) is 0 Å². The maximum atomic E-state index is 13.7. The number of halogens is 2. The van der Waals surface area contributed by atoms with Crippen molar-refractivity contribution >= 4 is 12.1 Å². The smallest absolute Gasteiger partial charge is 0.408 e. The highest BCUT2D eigenvalue weighted by molar-refractivity contribution is 5.75. The number of alkyl carbamates (subject to hydrolysis) is 1. The Balaban J connectivity index is 0.000000289. The van der Waals surface area contributed by atoms with E-state index in [1.807, 2.05) is 11.9 Å². The van der Waals surface area contributed by atoms with Crippen LogP contribution < -0.4 is 5.32 Å². The molecule has 2 unspecified atom stereocenters. The van der Waals surface area contributed by atoms with Crippen molar-refractivity contribution in [2.75, 3.05) is 40.3 Å². The topological polar surface area (TPSA) is 82.1 Å². The lowest BCUT2D eigenvalue weighted by Crippen LogP contribution is -2.54. The summed E-state index contributed by atoms with van der Waals surface area (Å²) in [6.07, 6.45) is -2.87. The monoisotopic (exact) mass is 393 g/mol. The Bertz CT molecular complexity index is 557. The van der Waals surface area contributed by atoms with E-state index < -0.39 is 41.0 Å². The third kappa shape index (κ3) is 6.27. The van der Waals surface area contributed by atoms with Gasteiger partial charge < -0.3 is 25.0 Å². The number of hydrogen-bond donors (Lipinski definition) is 2. The zero-order chi connectivity index (χ0) is 21.2.